The van der Waals surface area contributed by atoms with Crippen LogP contribution < -0.4 is 0 Å². The highest BCUT2D eigenvalue weighted by molar-refractivity contribution is 5.74. The number of aryl methyl sites for hydroxylation is 1. The smallest absolute Gasteiger partial charge is 0.328 e. The number of carbonyl (C=O) groups is 1. The molecule has 0 amide bonds. The van der Waals surface area contributed by atoms with E-state index in [0.717, 1.165) is 42.6 Å². The second-order valence-corrected chi connectivity index (χ2v) is 6.13. The topological polar surface area (TPSA) is 51.5 Å². The molecule has 0 spiro atoms. The van der Waals surface area contributed by atoms with E-state index >= 15 is 0 Å². The first kappa shape index (κ1) is 15.1. The van der Waals surface area contributed by atoms with E-state index in [4.69, 9.17) is 4.74 Å². The van der Waals surface area contributed by atoms with Crippen molar-refractivity contribution >= 4 is 5.97 Å². The molecule has 0 saturated heterocycles. The van der Waals surface area contributed by atoms with Crippen LogP contribution in [0.1, 0.15) is 62.2 Å². The molecular weight excluding hydrogens is 254 g/mol. The van der Waals surface area contributed by atoms with Gasteiger partial charge in [-0.05, 0) is 44.6 Å². The molecule has 2 rings (SSSR count). The molecule has 2 atom stereocenters. The molecule has 20 heavy (non-hydrogen) atoms. The number of fused-ring (bicyclic) bond motifs is 1. The standard InChI is InChI=1S/C16H25NO3/c1-10(2)8-14(16(19)20-4)17-11(3)9-12-13(17)6-5-7-15(12)18/h9-10,14-15,18H,5-8H2,1-4H3. The van der Waals surface area contributed by atoms with Gasteiger partial charge in [-0.25, -0.2) is 4.79 Å². The molecule has 0 fully saturated rings. The first-order chi connectivity index (χ1) is 9.45. The van der Waals surface area contributed by atoms with Crippen molar-refractivity contribution in [1.29, 1.82) is 0 Å². The second kappa shape index (κ2) is 6.00. The van der Waals surface area contributed by atoms with Crippen molar-refractivity contribution in [3.63, 3.8) is 0 Å². The van der Waals surface area contributed by atoms with E-state index < -0.39 is 6.10 Å². The van der Waals surface area contributed by atoms with Crippen molar-refractivity contribution in [2.75, 3.05) is 7.11 Å². The van der Waals surface area contributed by atoms with Gasteiger partial charge in [-0.15, -0.1) is 0 Å². The zero-order valence-corrected chi connectivity index (χ0v) is 12.8. The zero-order chi connectivity index (χ0) is 14.9. The lowest BCUT2D eigenvalue weighted by molar-refractivity contribution is -0.145. The van der Waals surface area contributed by atoms with Crippen LogP contribution in [-0.4, -0.2) is 22.8 Å². The lowest BCUT2D eigenvalue weighted by atomic mass is 9.94. The summed E-state index contributed by atoms with van der Waals surface area (Å²) < 4.78 is 7.07. The third-order valence-corrected chi connectivity index (χ3v) is 4.10. The predicted molar refractivity (Wildman–Crippen MR) is 77.6 cm³/mol. The van der Waals surface area contributed by atoms with Crippen molar-refractivity contribution in [2.24, 2.45) is 5.92 Å². The molecule has 1 N–H and O–H groups in total. The first-order valence-electron chi connectivity index (χ1n) is 7.42. The number of aliphatic hydroxyl groups is 1. The number of hydrogen-bond donors (Lipinski definition) is 1. The number of ether oxygens (including phenoxy) is 1. The molecular formula is C16H25NO3. The van der Waals surface area contributed by atoms with E-state index in [1.165, 1.54) is 7.11 Å². The summed E-state index contributed by atoms with van der Waals surface area (Å²) >= 11 is 0. The highest BCUT2D eigenvalue weighted by atomic mass is 16.5. The van der Waals surface area contributed by atoms with Crippen molar-refractivity contribution in [1.82, 2.24) is 4.57 Å². The van der Waals surface area contributed by atoms with E-state index in [1.54, 1.807) is 0 Å². The number of aromatic nitrogens is 1. The Morgan fingerprint density at radius 1 is 1.55 bits per heavy atom. The normalized spacial score (nSPS) is 19.8. The summed E-state index contributed by atoms with van der Waals surface area (Å²) in [5.74, 6) is 0.213. The molecule has 1 aromatic rings. The highest BCUT2D eigenvalue weighted by Gasteiger charge is 2.30. The predicted octanol–water partition coefficient (Wildman–Crippen LogP) is 2.93. The summed E-state index contributed by atoms with van der Waals surface area (Å²) in [6.45, 7) is 6.22. The van der Waals surface area contributed by atoms with E-state index in [2.05, 4.69) is 18.4 Å². The van der Waals surface area contributed by atoms with Gasteiger partial charge in [0.1, 0.15) is 6.04 Å². The number of hydrogen-bond acceptors (Lipinski definition) is 3. The SMILES string of the molecule is COC(=O)C(CC(C)C)n1c(C)cc2c1CCCC2O. The van der Waals surface area contributed by atoms with Gasteiger partial charge in [-0.2, -0.15) is 0 Å². The van der Waals surface area contributed by atoms with Gasteiger partial charge in [0.15, 0.2) is 0 Å². The Labute approximate surface area is 120 Å². The zero-order valence-electron chi connectivity index (χ0n) is 12.8. The van der Waals surface area contributed by atoms with Crippen LogP contribution in [0.3, 0.4) is 0 Å². The molecule has 112 valence electrons. The number of carbonyl (C=O) groups excluding carboxylic acids is 1. The molecule has 0 aromatic carbocycles. The van der Waals surface area contributed by atoms with Gasteiger partial charge in [0.2, 0.25) is 0 Å². The Balaban J connectivity index is 2.45. The Hall–Kier alpha value is -1.29. The number of nitrogens with zero attached hydrogens (tertiary/aromatic N) is 1. The molecule has 0 radical (unpaired) electrons. The quantitative estimate of drug-likeness (QED) is 0.862. The summed E-state index contributed by atoms with van der Waals surface area (Å²) in [6, 6.07) is 1.74. The minimum absolute atomic E-state index is 0.194. The van der Waals surface area contributed by atoms with Crippen LogP contribution in [0.4, 0.5) is 0 Å². The molecule has 1 aromatic heterocycles. The van der Waals surface area contributed by atoms with Gasteiger partial charge in [-0.1, -0.05) is 13.8 Å². The molecule has 2 unspecified atom stereocenters. The fourth-order valence-electron chi connectivity index (χ4n) is 3.23. The number of esters is 1. The van der Waals surface area contributed by atoms with Crippen molar-refractivity contribution in [3.05, 3.63) is 23.0 Å². The van der Waals surface area contributed by atoms with Gasteiger partial charge in [0, 0.05) is 17.0 Å². The van der Waals surface area contributed by atoms with Crippen molar-refractivity contribution in [3.8, 4) is 0 Å². The maximum atomic E-state index is 12.2. The summed E-state index contributed by atoms with van der Waals surface area (Å²) in [5.41, 5.74) is 3.13. The lowest BCUT2D eigenvalue weighted by Crippen LogP contribution is -2.26. The average molecular weight is 279 g/mol. The Morgan fingerprint density at radius 3 is 2.85 bits per heavy atom. The van der Waals surface area contributed by atoms with E-state index in [1.807, 2.05) is 13.0 Å². The summed E-state index contributed by atoms with van der Waals surface area (Å²) in [5, 5.41) is 10.1. The fraction of sp³-hybridized carbons (Fsp3) is 0.688. The Kier molecular flexibility index (Phi) is 4.53. The van der Waals surface area contributed by atoms with Crippen LogP contribution in [0.25, 0.3) is 0 Å². The van der Waals surface area contributed by atoms with Gasteiger partial charge in [0.05, 0.1) is 13.2 Å². The average Bonchev–Trinajstić information content (AvgIpc) is 2.73. The van der Waals surface area contributed by atoms with Crippen LogP contribution in [-0.2, 0) is 16.0 Å². The summed E-state index contributed by atoms with van der Waals surface area (Å²) in [4.78, 5) is 12.2. The summed E-state index contributed by atoms with van der Waals surface area (Å²) in [6.07, 6.45) is 3.06. The van der Waals surface area contributed by atoms with Crippen molar-refractivity contribution in [2.45, 2.75) is 58.6 Å². The monoisotopic (exact) mass is 279 g/mol. The third-order valence-electron chi connectivity index (χ3n) is 4.10. The molecule has 0 bridgehead atoms. The molecule has 0 aliphatic heterocycles. The minimum atomic E-state index is -0.393. The van der Waals surface area contributed by atoms with E-state index in [-0.39, 0.29) is 12.0 Å². The largest absolute Gasteiger partial charge is 0.467 e. The van der Waals surface area contributed by atoms with Crippen LogP contribution in [0.5, 0.6) is 0 Å². The maximum Gasteiger partial charge on any atom is 0.328 e. The van der Waals surface area contributed by atoms with Gasteiger partial charge in [0.25, 0.3) is 0 Å². The van der Waals surface area contributed by atoms with Crippen LogP contribution >= 0.6 is 0 Å². The Morgan fingerprint density at radius 2 is 2.25 bits per heavy atom. The second-order valence-electron chi connectivity index (χ2n) is 6.13. The molecule has 4 heteroatoms. The highest BCUT2D eigenvalue weighted by Crippen LogP contribution is 2.35. The molecule has 0 saturated carbocycles. The maximum absolute atomic E-state index is 12.2. The van der Waals surface area contributed by atoms with Crippen molar-refractivity contribution < 1.29 is 14.6 Å². The Bertz CT molecular complexity index is 490. The van der Waals surface area contributed by atoms with Gasteiger partial charge in [-0.3, -0.25) is 0 Å². The minimum Gasteiger partial charge on any atom is -0.467 e. The number of rotatable bonds is 4. The third kappa shape index (κ3) is 2.75. The van der Waals surface area contributed by atoms with Gasteiger partial charge < -0.3 is 14.4 Å². The molecule has 4 nitrogen and oxygen atoms in total. The first-order valence-corrected chi connectivity index (χ1v) is 7.42. The molecule has 1 aliphatic rings. The number of aliphatic hydroxyl groups excluding tert-OH is 1. The van der Waals surface area contributed by atoms with Crippen LogP contribution in [0.15, 0.2) is 6.07 Å². The number of methoxy groups -OCH3 is 1. The molecule has 1 heterocycles. The molecule has 1 aliphatic carbocycles. The van der Waals surface area contributed by atoms with Crippen LogP contribution in [0.2, 0.25) is 0 Å². The van der Waals surface area contributed by atoms with E-state index in [9.17, 15) is 9.90 Å². The fourth-order valence-corrected chi connectivity index (χ4v) is 3.23. The lowest BCUT2D eigenvalue weighted by Gasteiger charge is -2.26. The van der Waals surface area contributed by atoms with E-state index in [0.29, 0.717) is 5.92 Å². The van der Waals surface area contributed by atoms with Crippen LogP contribution in [0, 0.1) is 12.8 Å². The van der Waals surface area contributed by atoms with Gasteiger partial charge >= 0.3 is 5.97 Å². The summed E-state index contributed by atoms with van der Waals surface area (Å²) in [7, 11) is 1.44.